The van der Waals surface area contributed by atoms with Crippen molar-refractivity contribution in [1.29, 1.82) is 0 Å². The van der Waals surface area contributed by atoms with Gasteiger partial charge in [0, 0.05) is 18.7 Å². The van der Waals surface area contributed by atoms with Crippen LogP contribution in [0.2, 0.25) is 0 Å². The van der Waals surface area contributed by atoms with Crippen molar-refractivity contribution in [3.05, 3.63) is 29.8 Å². The lowest BCUT2D eigenvalue weighted by Crippen LogP contribution is -2.50. The zero-order valence-corrected chi connectivity index (χ0v) is 10.3. The van der Waals surface area contributed by atoms with E-state index >= 15 is 0 Å². The number of hydrogen-bond donors (Lipinski definition) is 1. The molecule has 5 nitrogen and oxygen atoms in total. The number of para-hydroxylation sites is 1. The summed E-state index contributed by atoms with van der Waals surface area (Å²) in [7, 11) is 1.58. The number of benzene rings is 1. The van der Waals surface area contributed by atoms with Crippen LogP contribution >= 0.6 is 0 Å². The Labute approximate surface area is 106 Å². The van der Waals surface area contributed by atoms with Crippen molar-refractivity contribution in [2.45, 2.75) is 6.42 Å². The number of piperazine rings is 1. The number of ether oxygens (including phenoxy) is 1. The number of rotatable bonds is 3. The number of nitrogens with one attached hydrogen (secondary N) is 1. The van der Waals surface area contributed by atoms with Crippen molar-refractivity contribution < 1.29 is 14.3 Å². The van der Waals surface area contributed by atoms with E-state index in [2.05, 4.69) is 5.32 Å². The van der Waals surface area contributed by atoms with E-state index in [0.717, 1.165) is 5.56 Å². The second-order valence-electron chi connectivity index (χ2n) is 4.15. The topological polar surface area (TPSA) is 58.6 Å². The van der Waals surface area contributed by atoms with Gasteiger partial charge in [0.25, 0.3) is 0 Å². The first-order valence-corrected chi connectivity index (χ1v) is 5.87. The van der Waals surface area contributed by atoms with Gasteiger partial charge in [0.1, 0.15) is 5.75 Å². The highest BCUT2D eigenvalue weighted by Gasteiger charge is 2.21. The van der Waals surface area contributed by atoms with Gasteiger partial charge in [-0.15, -0.1) is 0 Å². The van der Waals surface area contributed by atoms with Crippen LogP contribution in [-0.4, -0.2) is 43.5 Å². The van der Waals surface area contributed by atoms with Crippen molar-refractivity contribution in [3.8, 4) is 5.75 Å². The van der Waals surface area contributed by atoms with Gasteiger partial charge in [0.15, 0.2) is 0 Å². The molecule has 0 saturated carbocycles. The van der Waals surface area contributed by atoms with Crippen molar-refractivity contribution in [1.82, 2.24) is 10.2 Å². The Hall–Kier alpha value is -2.04. The van der Waals surface area contributed by atoms with Crippen molar-refractivity contribution in [2.75, 3.05) is 26.7 Å². The molecule has 1 aromatic carbocycles. The highest BCUT2D eigenvalue weighted by atomic mass is 16.5. The Balaban J connectivity index is 2.04. The van der Waals surface area contributed by atoms with Crippen LogP contribution in [0.4, 0.5) is 0 Å². The summed E-state index contributed by atoms with van der Waals surface area (Å²) in [5.41, 5.74) is 0.844. The average molecular weight is 248 g/mol. The molecule has 2 rings (SSSR count). The maximum absolute atomic E-state index is 12.1. The minimum absolute atomic E-state index is 0.0469. The average Bonchev–Trinajstić information content (AvgIpc) is 2.39. The summed E-state index contributed by atoms with van der Waals surface area (Å²) in [4.78, 5) is 24.9. The molecule has 1 N–H and O–H groups in total. The summed E-state index contributed by atoms with van der Waals surface area (Å²) in [6.45, 7) is 1.24. The second-order valence-corrected chi connectivity index (χ2v) is 4.15. The molecule has 0 atom stereocenters. The quantitative estimate of drug-likeness (QED) is 0.831. The zero-order valence-electron chi connectivity index (χ0n) is 10.3. The molecule has 2 amide bonds. The van der Waals surface area contributed by atoms with E-state index in [1.54, 1.807) is 12.0 Å². The fourth-order valence-electron chi connectivity index (χ4n) is 1.98. The molecule has 0 bridgehead atoms. The molecule has 0 unspecified atom stereocenters. The number of carbonyl (C=O) groups excluding carboxylic acids is 2. The van der Waals surface area contributed by atoms with Crippen LogP contribution in [0, 0.1) is 0 Å². The Kier molecular flexibility index (Phi) is 3.82. The first-order chi connectivity index (χ1) is 8.70. The van der Waals surface area contributed by atoms with Gasteiger partial charge in [-0.2, -0.15) is 0 Å². The zero-order chi connectivity index (χ0) is 13.0. The lowest BCUT2D eigenvalue weighted by Gasteiger charge is -2.26. The second kappa shape index (κ2) is 5.53. The van der Waals surface area contributed by atoms with Crippen LogP contribution in [0.3, 0.4) is 0 Å². The van der Waals surface area contributed by atoms with Crippen molar-refractivity contribution in [2.24, 2.45) is 0 Å². The standard InChI is InChI=1S/C13H16N2O3/c1-18-11-5-3-2-4-10(11)8-13(17)15-7-6-14-12(16)9-15/h2-5H,6-9H2,1H3,(H,14,16). The molecule has 0 aliphatic carbocycles. The third-order valence-corrected chi connectivity index (χ3v) is 2.93. The summed E-state index contributed by atoms with van der Waals surface area (Å²) in [5, 5.41) is 2.70. The predicted molar refractivity (Wildman–Crippen MR) is 66.3 cm³/mol. The maximum atomic E-state index is 12.1. The Morgan fingerprint density at radius 2 is 2.22 bits per heavy atom. The summed E-state index contributed by atoms with van der Waals surface area (Å²) >= 11 is 0. The third-order valence-electron chi connectivity index (χ3n) is 2.93. The molecule has 0 spiro atoms. The lowest BCUT2D eigenvalue weighted by molar-refractivity contribution is -0.137. The van der Waals surface area contributed by atoms with Crippen LogP contribution in [0.5, 0.6) is 5.75 Å². The van der Waals surface area contributed by atoms with Gasteiger partial charge in [-0.25, -0.2) is 0 Å². The third kappa shape index (κ3) is 2.80. The smallest absolute Gasteiger partial charge is 0.239 e. The lowest BCUT2D eigenvalue weighted by atomic mass is 10.1. The first-order valence-electron chi connectivity index (χ1n) is 5.87. The van der Waals surface area contributed by atoms with Crippen LogP contribution in [0.1, 0.15) is 5.56 Å². The molecular formula is C13H16N2O3. The number of nitrogens with zero attached hydrogens (tertiary/aromatic N) is 1. The minimum atomic E-state index is -0.102. The summed E-state index contributed by atoms with van der Waals surface area (Å²) in [6.07, 6.45) is 0.261. The van der Waals surface area contributed by atoms with Gasteiger partial charge < -0.3 is 15.0 Å². The van der Waals surface area contributed by atoms with E-state index in [0.29, 0.717) is 18.8 Å². The number of hydrogen-bond acceptors (Lipinski definition) is 3. The Bertz CT molecular complexity index is 459. The molecule has 5 heteroatoms. The van der Waals surface area contributed by atoms with Crippen LogP contribution in [-0.2, 0) is 16.0 Å². The van der Waals surface area contributed by atoms with Gasteiger partial charge in [-0.1, -0.05) is 18.2 Å². The number of amides is 2. The van der Waals surface area contributed by atoms with E-state index < -0.39 is 0 Å². The highest BCUT2D eigenvalue weighted by Crippen LogP contribution is 2.18. The van der Waals surface area contributed by atoms with Crippen LogP contribution in [0.25, 0.3) is 0 Å². The summed E-state index contributed by atoms with van der Waals surface area (Å²) < 4.78 is 5.20. The summed E-state index contributed by atoms with van der Waals surface area (Å²) in [5.74, 6) is 0.552. The molecule has 1 saturated heterocycles. The van der Waals surface area contributed by atoms with Crippen LogP contribution < -0.4 is 10.1 Å². The van der Waals surface area contributed by atoms with Gasteiger partial charge >= 0.3 is 0 Å². The molecule has 1 heterocycles. The molecule has 96 valence electrons. The van der Waals surface area contributed by atoms with Crippen molar-refractivity contribution >= 4 is 11.8 Å². The minimum Gasteiger partial charge on any atom is -0.496 e. The molecule has 1 fully saturated rings. The molecule has 1 aromatic rings. The van der Waals surface area contributed by atoms with E-state index in [4.69, 9.17) is 4.74 Å². The Morgan fingerprint density at radius 3 is 2.94 bits per heavy atom. The Morgan fingerprint density at radius 1 is 1.44 bits per heavy atom. The largest absolute Gasteiger partial charge is 0.496 e. The van der Waals surface area contributed by atoms with Gasteiger partial charge in [-0.3, -0.25) is 9.59 Å². The molecule has 1 aliphatic rings. The van der Waals surface area contributed by atoms with E-state index in [1.165, 1.54) is 0 Å². The molecule has 1 aliphatic heterocycles. The normalized spacial score (nSPS) is 15.2. The van der Waals surface area contributed by atoms with Crippen LogP contribution in [0.15, 0.2) is 24.3 Å². The fraction of sp³-hybridized carbons (Fsp3) is 0.385. The van der Waals surface area contributed by atoms with Crippen molar-refractivity contribution in [3.63, 3.8) is 0 Å². The van der Waals surface area contributed by atoms with E-state index in [9.17, 15) is 9.59 Å². The summed E-state index contributed by atoms with van der Waals surface area (Å²) in [6, 6.07) is 7.42. The highest BCUT2D eigenvalue weighted by molar-refractivity contribution is 5.87. The number of carbonyl (C=O) groups is 2. The molecule has 0 aromatic heterocycles. The molecular weight excluding hydrogens is 232 g/mol. The SMILES string of the molecule is COc1ccccc1CC(=O)N1CCNC(=O)C1. The molecule has 18 heavy (non-hydrogen) atoms. The fourth-order valence-corrected chi connectivity index (χ4v) is 1.98. The molecule has 0 radical (unpaired) electrons. The van der Waals surface area contributed by atoms with Gasteiger partial charge in [0.2, 0.25) is 11.8 Å². The van der Waals surface area contributed by atoms with Gasteiger partial charge in [0.05, 0.1) is 20.1 Å². The predicted octanol–water partition coefficient (Wildman–Crippen LogP) is 0.196. The number of methoxy groups -OCH3 is 1. The van der Waals surface area contributed by atoms with E-state index in [1.807, 2.05) is 24.3 Å². The maximum Gasteiger partial charge on any atom is 0.239 e. The monoisotopic (exact) mass is 248 g/mol. The van der Waals surface area contributed by atoms with E-state index in [-0.39, 0.29) is 24.8 Å². The first kappa shape index (κ1) is 12.4. The van der Waals surface area contributed by atoms with Gasteiger partial charge in [-0.05, 0) is 6.07 Å².